The molecule has 3 aromatic rings. The van der Waals surface area contributed by atoms with E-state index in [1.165, 1.54) is 36.6 Å². The Labute approximate surface area is 172 Å². The van der Waals surface area contributed by atoms with Crippen LogP contribution in [0.2, 0.25) is 0 Å². The third-order valence-corrected chi connectivity index (χ3v) is 7.30. The topological polar surface area (TPSA) is 85.4 Å². The Morgan fingerprint density at radius 2 is 2.03 bits per heavy atom. The van der Waals surface area contributed by atoms with Gasteiger partial charge in [0.2, 0.25) is 10.0 Å². The highest BCUT2D eigenvalue weighted by atomic mass is 32.2. The van der Waals surface area contributed by atoms with Gasteiger partial charge in [-0.05, 0) is 43.5 Å². The number of alkyl halides is 3. The van der Waals surface area contributed by atoms with Crippen LogP contribution in [0.25, 0.3) is 10.1 Å². The molecule has 0 amide bonds. The number of halogens is 3. The number of carbonyl (C=O) groups excluding carboxylic acids is 1. The first kappa shape index (κ1) is 21.7. The highest BCUT2D eigenvalue weighted by molar-refractivity contribution is 7.89. The molecule has 0 aliphatic carbocycles. The standard InChI is InChI=1S/C17H15F3N2O4S3/c1-3-26-16(23)13-7-10-6-11(4-5-12(10)28-13)29(24,25)22-14(17(18,19)20)15-21-9(2)8-27-15/h4-8,14,22H,3H2,1-2H3. The molecule has 29 heavy (non-hydrogen) atoms. The molecule has 12 heteroatoms. The van der Waals surface area contributed by atoms with E-state index in [1.807, 2.05) is 0 Å². The van der Waals surface area contributed by atoms with Crippen molar-refractivity contribution in [1.29, 1.82) is 0 Å². The SMILES string of the molecule is CCOC(=O)c1cc2cc(S(=O)(=O)NC(c3nc(C)cs3)C(F)(F)F)ccc2s1. The van der Waals surface area contributed by atoms with Crippen LogP contribution >= 0.6 is 22.7 Å². The molecule has 2 heterocycles. The normalized spacial score (nSPS) is 13.6. The highest BCUT2D eigenvalue weighted by Gasteiger charge is 2.45. The highest BCUT2D eigenvalue weighted by Crippen LogP contribution is 2.36. The zero-order valence-electron chi connectivity index (χ0n) is 15.1. The second kappa shape index (κ2) is 8.01. The molecule has 3 rings (SSSR count). The summed E-state index contributed by atoms with van der Waals surface area (Å²) in [6.07, 6.45) is -4.86. The fraction of sp³-hybridized carbons (Fsp3) is 0.294. The van der Waals surface area contributed by atoms with Crippen LogP contribution in [0.5, 0.6) is 0 Å². The third kappa shape index (κ3) is 4.77. The number of sulfonamides is 1. The van der Waals surface area contributed by atoms with Gasteiger partial charge in [0, 0.05) is 15.8 Å². The van der Waals surface area contributed by atoms with Gasteiger partial charge in [-0.15, -0.1) is 22.7 Å². The average Bonchev–Trinajstić information content (AvgIpc) is 3.24. The first-order valence-electron chi connectivity index (χ1n) is 8.23. The van der Waals surface area contributed by atoms with Crippen molar-refractivity contribution in [2.75, 3.05) is 6.61 Å². The molecule has 0 aliphatic heterocycles. The van der Waals surface area contributed by atoms with Crippen molar-refractivity contribution in [2.24, 2.45) is 0 Å². The van der Waals surface area contributed by atoms with E-state index < -0.39 is 28.2 Å². The monoisotopic (exact) mass is 464 g/mol. The molecule has 0 aliphatic rings. The quantitative estimate of drug-likeness (QED) is 0.546. The van der Waals surface area contributed by atoms with Gasteiger partial charge in [-0.1, -0.05) is 0 Å². The number of carbonyl (C=O) groups is 1. The molecule has 1 atom stereocenters. The van der Waals surface area contributed by atoms with Gasteiger partial charge < -0.3 is 4.74 Å². The van der Waals surface area contributed by atoms with Gasteiger partial charge in [0.15, 0.2) is 6.04 Å². The van der Waals surface area contributed by atoms with E-state index in [0.717, 1.165) is 22.7 Å². The Kier molecular flexibility index (Phi) is 5.99. The van der Waals surface area contributed by atoms with Crippen molar-refractivity contribution < 1.29 is 31.1 Å². The summed E-state index contributed by atoms with van der Waals surface area (Å²) in [5.74, 6) is -0.549. The lowest BCUT2D eigenvalue weighted by molar-refractivity contribution is -0.153. The largest absolute Gasteiger partial charge is 0.462 e. The zero-order valence-corrected chi connectivity index (χ0v) is 17.6. The summed E-state index contributed by atoms with van der Waals surface area (Å²) in [7, 11) is -4.51. The lowest BCUT2D eigenvalue weighted by atomic mass is 10.2. The summed E-state index contributed by atoms with van der Waals surface area (Å²) in [4.78, 5) is 15.5. The van der Waals surface area contributed by atoms with Gasteiger partial charge in [-0.3, -0.25) is 0 Å². The molecule has 1 unspecified atom stereocenters. The number of nitrogens with zero attached hydrogens (tertiary/aromatic N) is 1. The van der Waals surface area contributed by atoms with Gasteiger partial charge in [-0.2, -0.15) is 17.9 Å². The second-order valence-corrected chi connectivity index (χ2v) is 9.64. The Hall–Kier alpha value is -2.02. The maximum Gasteiger partial charge on any atom is 0.411 e. The van der Waals surface area contributed by atoms with Gasteiger partial charge >= 0.3 is 12.1 Å². The minimum Gasteiger partial charge on any atom is -0.462 e. The van der Waals surface area contributed by atoms with Crippen molar-refractivity contribution in [2.45, 2.75) is 31.0 Å². The number of aromatic nitrogens is 1. The number of ether oxygens (including phenoxy) is 1. The van der Waals surface area contributed by atoms with E-state index in [1.54, 1.807) is 11.6 Å². The number of benzene rings is 1. The van der Waals surface area contributed by atoms with Gasteiger partial charge in [0.1, 0.15) is 9.88 Å². The summed E-state index contributed by atoms with van der Waals surface area (Å²) >= 11 is 1.83. The number of nitrogens with one attached hydrogen (secondary N) is 1. The molecule has 0 saturated heterocycles. The number of hydrogen-bond acceptors (Lipinski definition) is 7. The number of rotatable bonds is 6. The number of fused-ring (bicyclic) bond motifs is 1. The number of esters is 1. The van der Waals surface area contributed by atoms with Crippen LogP contribution in [0.15, 0.2) is 34.5 Å². The maximum atomic E-state index is 13.5. The lowest BCUT2D eigenvalue weighted by Crippen LogP contribution is -2.38. The smallest absolute Gasteiger partial charge is 0.411 e. The first-order chi connectivity index (χ1) is 13.5. The summed E-state index contributed by atoms with van der Waals surface area (Å²) in [5, 5.41) is 1.44. The van der Waals surface area contributed by atoms with E-state index in [9.17, 15) is 26.4 Å². The van der Waals surface area contributed by atoms with Crippen molar-refractivity contribution in [3.63, 3.8) is 0 Å². The van der Waals surface area contributed by atoms with Crippen molar-refractivity contribution >= 4 is 48.8 Å². The fourth-order valence-electron chi connectivity index (χ4n) is 2.48. The van der Waals surface area contributed by atoms with E-state index in [2.05, 4.69) is 4.98 Å². The predicted octanol–water partition coefficient (Wildman–Crippen LogP) is 4.42. The van der Waals surface area contributed by atoms with Crippen LogP contribution in [0.3, 0.4) is 0 Å². The molecule has 0 saturated carbocycles. The molecular weight excluding hydrogens is 449 g/mol. The van der Waals surface area contributed by atoms with Crippen LogP contribution in [0, 0.1) is 6.92 Å². The number of aryl methyl sites for hydroxylation is 1. The maximum absolute atomic E-state index is 13.5. The number of thiazole rings is 1. The Morgan fingerprint density at radius 3 is 2.62 bits per heavy atom. The van der Waals surface area contributed by atoms with Crippen LogP contribution in [-0.2, 0) is 14.8 Å². The van der Waals surface area contributed by atoms with E-state index in [4.69, 9.17) is 4.74 Å². The van der Waals surface area contributed by atoms with Crippen molar-refractivity contribution in [1.82, 2.24) is 9.71 Å². The minimum atomic E-state index is -4.86. The molecule has 1 N–H and O–H groups in total. The van der Waals surface area contributed by atoms with E-state index in [-0.39, 0.29) is 21.4 Å². The molecule has 0 spiro atoms. The molecular formula is C17H15F3N2O4S3. The number of thiophene rings is 1. The molecule has 0 radical (unpaired) electrons. The number of hydrogen-bond donors (Lipinski definition) is 1. The summed E-state index contributed by atoms with van der Waals surface area (Å²) in [5.41, 5.74) is 0.365. The minimum absolute atomic E-state index is 0.186. The molecule has 6 nitrogen and oxygen atoms in total. The molecule has 0 bridgehead atoms. The Balaban J connectivity index is 1.95. The van der Waals surface area contributed by atoms with E-state index in [0.29, 0.717) is 15.8 Å². The van der Waals surface area contributed by atoms with Crippen LogP contribution in [0.4, 0.5) is 13.2 Å². The molecule has 156 valence electrons. The molecule has 1 aromatic carbocycles. The summed E-state index contributed by atoms with van der Waals surface area (Å²) in [6.45, 7) is 3.36. The van der Waals surface area contributed by atoms with Gasteiger partial charge in [-0.25, -0.2) is 18.2 Å². The predicted molar refractivity (Wildman–Crippen MR) is 104 cm³/mol. The lowest BCUT2D eigenvalue weighted by Gasteiger charge is -2.19. The Morgan fingerprint density at radius 1 is 1.31 bits per heavy atom. The molecule has 0 fully saturated rings. The fourth-order valence-corrected chi connectivity index (χ4v) is 5.58. The van der Waals surface area contributed by atoms with Crippen molar-refractivity contribution in [3.8, 4) is 0 Å². The second-order valence-electron chi connectivity index (χ2n) is 5.95. The van der Waals surface area contributed by atoms with Gasteiger partial charge in [0.25, 0.3) is 0 Å². The van der Waals surface area contributed by atoms with Gasteiger partial charge in [0.05, 0.1) is 11.5 Å². The molecule has 2 aromatic heterocycles. The summed E-state index contributed by atoms with van der Waals surface area (Å²) in [6, 6.07) is 2.84. The average molecular weight is 465 g/mol. The van der Waals surface area contributed by atoms with Crippen LogP contribution < -0.4 is 4.72 Å². The Bertz CT molecular complexity index is 1150. The third-order valence-electron chi connectivity index (χ3n) is 3.76. The van der Waals surface area contributed by atoms with Crippen molar-refractivity contribution in [3.05, 3.63) is 45.2 Å². The first-order valence-corrected chi connectivity index (χ1v) is 11.4. The summed E-state index contributed by atoms with van der Waals surface area (Å²) < 4.78 is 72.9. The van der Waals surface area contributed by atoms with Crippen LogP contribution in [0.1, 0.15) is 33.3 Å². The van der Waals surface area contributed by atoms with Crippen LogP contribution in [-0.4, -0.2) is 32.2 Å². The van der Waals surface area contributed by atoms with E-state index >= 15 is 0 Å². The zero-order chi connectivity index (χ0) is 21.4.